The fourth-order valence-corrected chi connectivity index (χ4v) is 1.59. The summed E-state index contributed by atoms with van der Waals surface area (Å²) in [6.45, 7) is 7.53. The summed E-state index contributed by atoms with van der Waals surface area (Å²) in [5.74, 6) is 2.34. The van der Waals surface area contributed by atoms with E-state index >= 15 is 0 Å². The summed E-state index contributed by atoms with van der Waals surface area (Å²) in [5, 5.41) is 7.22. The van der Waals surface area contributed by atoms with E-state index < -0.39 is 0 Å². The lowest BCUT2D eigenvalue weighted by molar-refractivity contribution is 0.364. The van der Waals surface area contributed by atoms with Crippen LogP contribution in [0.1, 0.15) is 38.3 Å². The lowest BCUT2D eigenvalue weighted by atomic mass is 10.4. The Hall–Kier alpha value is -1.69. The number of imidazole rings is 1. The maximum absolute atomic E-state index is 5.18. The number of rotatable bonds is 6. The van der Waals surface area contributed by atoms with Gasteiger partial charge in [-0.1, -0.05) is 25.9 Å². The molecule has 2 aromatic heterocycles. The molecule has 0 saturated carbocycles. The maximum Gasteiger partial charge on any atom is 0.246 e. The molecule has 0 aliphatic carbocycles. The van der Waals surface area contributed by atoms with Crippen molar-refractivity contribution in [1.29, 1.82) is 0 Å². The third-order valence-electron chi connectivity index (χ3n) is 2.60. The third-order valence-corrected chi connectivity index (χ3v) is 2.60. The van der Waals surface area contributed by atoms with Crippen molar-refractivity contribution in [3.8, 4) is 0 Å². The SMILES string of the molecule is CCc1noc(Cn2ccnc2CNC(C)C)n1. The minimum atomic E-state index is 0.435. The van der Waals surface area contributed by atoms with Gasteiger partial charge in [-0.15, -0.1) is 0 Å². The Bertz CT molecular complexity index is 488. The molecule has 2 rings (SSSR count). The smallest absolute Gasteiger partial charge is 0.246 e. The van der Waals surface area contributed by atoms with E-state index in [1.54, 1.807) is 6.20 Å². The second kappa shape index (κ2) is 5.77. The van der Waals surface area contributed by atoms with Gasteiger partial charge in [0.15, 0.2) is 5.82 Å². The Morgan fingerprint density at radius 1 is 1.44 bits per heavy atom. The summed E-state index contributed by atoms with van der Waals surface area (Å²) in [5.41, 5.74) is 0. The first-order valence-corrected chi connectivity index (χ1v) is 6.24. The van der Waals surface area contributed by atoms with Crippen molar-refractivity contribution in [2.24, 2.45) is 0 Å². The molecule has 0 fully saturated rings. The number of aryl methyl sites for hydroxylation is 1. The largest absolute Gasteiger partial charge is 0.337 e. The first-order valence-electron chi connectivity index (χ1n) is 6.24. The van der Waals surface area contributed by atoms with Crippen LogP contribution in [0.4, 0.5) is 0 Å². The highest BCUT2D eigenvalue weighted by Crippen LogP contribution is 2.04. The van der Waals surface area contributed by atoms with Crippen LogP contribution >= 0.6 is 0 Å². The van der Waals surface area contributed by atoms with Gasteiger partial charge in [0.1, 0.15) is 12.4 Å². The van der Waals surface area contributed by atoms with Crippen LogP contribution in [0.5, 0.6) is 0 Å². The molecular formula is C12H19N5O. The Balaban J connectivity index is 2.02. The molecule has 0 aliphatic heterocycles. The van der Waals surface area contributed by atoms with Crippen LogP contribution in [0.15, 0.2) is 16.9 Å². The Labute approximate surface area is 106 Å². The quantitative estimate of drug-likeness (QED) is 0.837. The lowest BCUT2D eigenvalue weighted by Crippen LogP contribution is -2.24. The zero-order valence-corrected chi connectivity index (χ0v) is 11.1. The van der Waals surface area contributed by atoms with E-state index in [0.29, 0.717) is 18.5 Å². The fourth-order valence-electron chi connectivity index (χ4n) is 1.59. The minimum absolute atomic E-state index is 0.435. The predicted octanol–water partition coefficient (Wildman–Crippen LogP) is 1.37. The average molecular weight is 249 g/mol. The van der Waals surface area contributed by atoms with Gasteiger partial charge in [0, 0.05) is 24.9 Å². The summed E-state index contributed by atoms with van der Waals surface area (Å²) < 4.78 is 7.20. The standard InChI is InChI=1S/C12H19N5O/c1-4-10-15-12(18-16-10)8-17-6-5-13-11(17)7-14-9(2)3/h5-6,9,14H,4,7-8H2,1-3H3. The van der Waals surface area contributed by atoms with E-state index in [4.69, 9.17) is 4.52 Å². The highest BCUT2D eigenvalue weighted by molar-refractivity contribution is 4.96. The maximum atomic E-state index is 5.18. The van der Waals surface area contributed by atoms with Crippen LogP contribution in [0, 0.1) is 0 Å². The van der Waals surface area contributed by atoms with E-state index in [1.165, 1.54) is 0 Å². The van der Waals surface area contributed by atoms with Crippen LogP contribution in [0.2, 0.25) is 0 Å². The second-order valence-electron chi connectivity index (χ2n) is 4.46. The van der Waals surface area contributed by atoms with Crippen LogP contribution in [-0.2, 0) is 19.5 Å². The first-order chi connectivity index (χ1) is 8.69. The van der Waals surface area contributed by atoms with Crippen LogP contribution in [0.25, 0.3) is 0 Å². The molecule has 0 amide bonds. The highest BCUT2D eigenvalue weighted by Gasteiger charge is 2.09. The van der Waals surface area contributed by atoms with Crippen molar-refractivity contribution >= 4 is 0 Å². The second-order valence-corrected chi connectivity index (χ2v) is 4.46. The predicted molar refractivity (Wildman–Crippen MR) is 67.0 cm³/mol. The van der Waals surface area contributed by atoms with Gasteiger partial charge < -0.3 is 14.4 Å². The molecule has 0 unspecified atom stereocenters. The van der Waals surface area contributed by atoms with Gasteiger partial charge in [0.2, 0.25) is 5.89 Å². The zero-order valence-electron chi connectivity index (χ0n) is 11.1. The van der Waals surface area contributed by atoms with Crippen LogP contribution in [-0.4, -0.2) is 25.7 Å². The molecule has 0 aromatic carbocycles. The number of nitrogens with zero attached hydrogens (tertiary/aromatic N) is 4. The van der Waals surface area contributed by atoms with E-state index in [0.717, 1.165) is 24.6 Å². The molecule has 2 heterocycles. The van der Waals surface area contributed by atoms with Crippen molar-refractivity contribution in [3.63, 3.8) is 0 Å². The number of hydrogen-bond acceptors (Lipinski definition) is 5. The van der Waals surface area contributed by atoms with Gasteiger partial charge in [0.05, 0.1) is 6.54 Å². The highest BCUT2D eigenvalue weighted by atomic mass is 16.5. The molecule has 0 radical (unpaired) electrons. The van der Waals surface area contributed by atoms with Gasteiger partial charge >= 0.3 is 0 Å². The molecule has 6 heteroatoms. The summed E-state index contributed by atoms with van der Waals surface area (Å²) in [6.07, 6.45) is 4.50. The number of nitrogens with one attached hydrogen (secondary N) is 1. The Morgan fingerprint density at radius 2 is 2.28 bits per heavy atom. The number of aromatic nitrogens is 4. The third kappa shape index (κ3) is 3.16. The molecule has 2 aromatic rings. The molecule has 6 nitrogen and oxygen atoms in total. The van der Waals surface area contributed by atoms with Crippen molar-refractivity contribution in [2.45, 2.75) is 46.3 Å². The van der Waals surface area contributed by atoms with Gasteiger partial charge in [-0.2, -0.15) is 4.98 Å². The summed E-state index contributed by atoms with van der Waals surface area (Å²) in [7, 11) is 0. The monoisotopic (exact) mass is 249 g/mol. The summed E-state index contributed by atoms with van der Waals surface area (Å²) in [6, 6.07) is 0.435. The normalized spacial score (nSPS) is 11.3. The van der Waals surface area contributed by atoms with Gasteiger partial charge in [-0.3, -0.25) is 0 Å². The number of hydrogen-bond donors (Lipinski definition) is 1. The minimum Gasteiger partial charge on any atom is -0.337 e. The molecule has 0 spiro atoms. The topological polar surface area (TPSA) is 68.8 Å². The van der Waals surface area contributed by atoms with Crippen molar-refractivity contribution in [3.05, 3.63) is 29.9 Å². The Kier molecular flexibility index (Phi) is 4.09. The molecule has 0 atom stereocenters. The van der Waals surface area contributed by atoms with E-state index in [1.807, 2.05) is 17.7 Å². The van der Waals surface area contributed by atoms with Crippen LogP contribution < -0.4 is 5.32 Å². The van der Waals surface area contributed by atoms with Crippen molar-refractivity contribution in [1.82, 2.24) is 25.0 Å². The van der Waals surface area contributed by atoms with Gasteiger partial charge in [0.25, 0.3) is 0 Å². The molecule has 0 aliphatic rings. The van der Waals surface area contributed by atoms with E-state index in [9.17, 15) is 0 Å². The van der Waals surface area contributed by atoms with E-state index in [-0.39, 0.29) is 0 Å². The molecule has 0 saturated heterocycles. The average Bonchev–Trinajstić information content (AvgIpc) is 2.96. The van der Waals surface area contributed by atoms with Crippen molar-refractivity contribution < 1.29 is 4.52 Å². The van der Waals surface area contributed by atoms with Crippen LogP contribution in [0.3, 0.4) is 0 Å². The van der Waals surface area contributed by atoms with Gasteiger partial charge in [-0.25, -0.2) is 4.98 Å². The lowest BCUT2D eigenvalue weighted by Gasteiger charge is -2.09. The Morgan fingerprint density at radius 3 is 2.94 bits per heavy atom. The first kappa shape index (κ1) is 12.8. The molecular weight excluding hydrogens is 230 g/mol. The molecule has 98 valence electrons. The van der Waals surface area contributed by atoms with E-state index in [2.05, 4.69) is 34.3 Å². The molecule has 0 bridgehead atoms. The molecule has 18 heavy (non-hydrogen) atoms. The fraction of sp³-hybridized carbons (Fsp3) is 0.583. The van der Waals surface area contributed by atoms with Gasteiger partial charge in [-0.05, 0) is 0 Å². The van der Waals surface area contributed by atoms with Crippen molar-refractivity contribution in [2.75, 3.05) is 0 Å². The molecule has 1 N–H and O–H groups in total. The summed E-state index contributed by atoms with van der Waals surface area (Å²) >= 11 is 0. The zero-order chi connectivity index (χ0) is 13.0. The summed E-state index contributed by atoms with van der Waals surface area (Å²) in [4.78, 5) is 8.62.